The summed E-state index contributed by atoms with van der Waals surface area (Å²) in [4.78, 5) is 24.4. The maximum atomic E-state index is 12.0. The largest absolute Gasteiger partial charge is 0.371 e. The van der Waals surface area contributed by atoms with Gasteiger partial charge in [0.05, 0.1) is 12.7 Å². The van der Waals surface area contributed by atoms with E-state index in [4.69, 9.17) is 10.5 Å². The minimum atomic E-state index is -0.782. The number of carbonyl (C=O) groups excluding carboxylic acids is 2. The number of nitrogens with two attached hydrogens (primary N) is 1. The number of nitrogens with one attached hydrogen (secondary N) is 1. The van der Waals surface area contributed by atoms with Gasteiger partial charge < -0.3 is 20.7 Å². The number of hydrogen-bond donors (Lipinski definition) is 2. The van der Waals surface area contributed by atoms with Crippen molar-refractivity contribution in [2.24, 2.45) is 5.73 Å². The van der Waals surface area contributed by atoms with Crippen LogP contribution in [0.4, 0.5) is 4.79 Å². The molecule has 3 N–H and O–H groups in total. The highest BCUT2D eigenvalue weighted by atomic mass is 16.5. The highest BCUT2D eigenvalue weighted by molar-refractivity contribution is 5.86. The Bertz CT molecular complexity index is 416. The molecule has 0 radical (unpaired) electrons. The fourth-order valence-corrected chi connectivity index (χ4v) is 1.91. The third-order valence-corrected chi connectivity index (χ3v) is 3.06. The molecule has 0 aromatic rings. The molecule has 2 unspecified atom stereocenters. The fourth-order valence-electron chi connectivity index (χ4n) is 1.91. The van der Waals surface area contributed by atoms with Gasteiger partial charge in [-0.25, -0.2) is 4.79 Å². The van der Waals surface area contributed by atoms with Crippen LogP contribution in [-0.4, -0.2) is 49.7 Å². The molecule has 0 saturated heterocycles. The van der Waals surface area contributed by atoms with E-state index in [1.807, 2.05) is 6.08 Å². The molecule has 0 aliphatic heterocycles. The molecule has 0 heterocycles. The summed E-state index contributed by atoms with van der Waals surface area (Å²) in [6.45, 7) is 2.16. The lowest BCUT2D eigenvalue weighted by Crippen LogP contribution is -2.54. The number of hydrogen-bond acceptors (Lipinski definition) is 3. The number of carbonyl (C=O) groups is 2. The first-order valence-corrected chi connectivity index (χ1v) is 6.66. The molecule has 0 spiro atoms. The lowest BCUT2D eigenvalue weighted by molar-refractivity contribution is -0.134. The number of allylic oxidation sites excluding steroid dienone is 2. The summed E-state index contributed by atoms with van der Waals surface area (Å²) in [5, 5.41) is 2.43. The van der Waals surface area contributed by atoms with E-state index < -0.39 is 18.2 Å². The summed E-state index contributed by atoms with van der Waals surface area (Å²) >= 11 is 0. The standard InChI is InChI=1S/C14H23N3O3/c1-10(20-9-11-7-5-4-6-8-11)12(16-14(15)19)13(18)17(2)3/h5,7-8,10,12H,4,6,9H2,1-3H3,(H3,15,16,19). The molecular weight excluding hydrogens is 258 g/mol. The zero-order valence-electron chi connectivity index (χ0n) is 12.3. The van der Waals surface area contributed by atoms with Gasteiger partial charge in [-0.05, 0) is 25.3 Å². The minimum Gasteiger partial charge on any atom is -0.371 e. The van der Waals surface area contributed by atoms with Crippen LogP contribution in [0.1, 0.15) is 19.8 Å². The van der Waals surface area contributed by atoms with E-state index in [9.17, 15) is 9.59 Å². The average Bonchev–Trinajstić information content (AvgIpc) is 2.42. The minimum absolute atomic E-state index is 0.246. The molecule has 1 aliphatic carbocycles. The van der Waals surface area contributed by atoms with Crippen molar-refractivity contribution in [3.63, 3.8) is 0 Å². The fraction of sp³-hybridized carbons (Fsp3) is 0.571. The predicted molar refractivity (Wildman–Crippen MR) is 77.1 cm³/mol. The van der Waals surface area contributed by atoms with E-state index in [2.05, 4.69) is 17.5 Å². The van der Waals surface area contributed by atoms with Gasteiger partial charge >= 0.3 is 6.03 Å². The van der Waals surface area contributed by atoms with E-state index in [1.54, 1.807) is 21.0 Å². The van der Waals surface area contributed by atoms with Gasteiger partial charge in [0.15, 0.2) is 0 Å². The van der Waals surface area contributed by atoms with Crippen LogP contribution >= 0.6 is 0 Å². The van der Waals surface area contributed by atoms with Gasteiger partial charge in [0.2, 0.25) is 5.91 Å². The second-order valence-corrected chi connectivity index (χ2v) is 4.99. The molecule has 0 aromatic heterocycles. The van der Waals surface area contributed by atoms with Crippen LogP contribution in [-0.2, 0) is 9.53 Å². The number of ether oxygens (including phenoxy) is 1. The predicted octanol–water partition coefficient (Wildman–Crippen LogP) is 0.793. The number of primary amides is 1. The lowest BCUT2D eigenvalue weighted by atomic mass is 10.1. The van der Waals surface area contributed by atoms with Gasteiger partial charge in [-0.3, -0.25) is 4.79 Å². The topological polar surface area (TPSA) is 84.7 Å². The van der Waals surface area contributed by atoms with Crippen LogP contribution in [0, 0.1) is 0 Å². The Morgan fingerprint density at radius 2 is 2.15 bits per heavy atom. The summed E-state index contributed by atoms with van der Waals surface area (Å²) in [5.41, 5.74) is 6.19. The van der Waals surface area contributed by atoms with Crippen molar-refractivity contribution in [3.05, 3.63) is 23.8 Å². The third kappa shape index (κ3) is 5.05. The number of rotatable bonds is 6. The number of likely N-dealkylation sites (N-methyl/N-ethyl adjacent to an activating group) is 1. The van der Waals surface area contributed by atoms with Crippen LogP contribution in [0.2, 0.25) is 0 Å². The molecule has 2 atom stereocenters. The first kappa shape index (κ1) is 16.2. The van der Waals surface area contributed by atoms with Gasteiger partial charge in [0.1, 0.15) is 6.04 Å². The van der Waals surface area contributed by atoms with E-state index >= 15 is 0 Å². The van der Waals surface area contributed by atoms with E-state index in [0.29, 0.717) is 6.61 Å². The zero-order valence-corrected chi connectivity index (χ0v) is 12.3. The molecule has 20 heavy (non-hydrogen) atoms. The Hall–Kier alpha value is -1.82. The summed E-state index contributed by atoms with van der Waals surface area (Å²) in [7, 11) is 3.24. The Labute approximate surface area is 119 Å². The lowest BCUT2D eigenvalue weighted by Gasteiger charge is -2.26. The van der Waals surface area contributed by atoms with Crippen molar-refractivity contribution < 1.29 is 14.3 Å². The zero-order chi connectivity index (χ0) is 15.1. The highest BCUT2D eigenvalue weighted by Crippen LogP contribution is 2.12. The number of nitrogens with zero attached hydrogens (tertiary/aromatic N) is 1. The van der Waals surface area contributed by atoms with Crippen molar-refractivity contribution in [2.75, 3.05) is 20.7 Å². The Morgan fingerprint density at radius 3 is 2.65 bits per heavy atom. The normalized spacial score (nSPS) is 17.1. The van der Waals surface area contributed by atoms with Crippen LogP contribution in [0.5, 0.6) is 0 Å². The van der Waals surface area contributed by atoms with Gasteiger partial charge in [0, 0.05) is 14.1 Å². The van der Waals surface area contributed by atoms with E-state index in [1.165, 1.54) is 4.90 Å². The van der Waals surface area contributed by atoms with Crippen LogP contribution in [0.3, 0.4) is 0 Å². The van der Waals surface area contributed by atoms with Crippen LogP contribution in [0.25, 0.3) is 0 Å². The summed E-state index contributed by atoms with van der Waals surface area (Å²) in [5.74, 6) is -0.246. The van der Waals surface area contributed by atoms with Gasteiger partial charge in [0.25, 0.3) is 0 Å². The monoisotopic (exact) mass is 281 g/mol. The van der Waals surface area contributed by atoms with Crippen LogP contribution in [0.15, 0.2) is 23.8 Å². The molecule has 0 aromatic carbocycles. The molecule has 6 nitrogen and oxygen atoms in total. The molecular formula is C14H23N3O3. The quantitative estimate of drug-likeness (QED) is 0.755. The van der Waals surface area contributed by atoms with Crippen molar-refractivity contribution in [1.82, 2.24) is 10.2 Å². The van der Waals surface area contributed by atoms with Crippen molar-refractivity contribution in [3.8, 4) is 0 Å². The highest BCUT2D eigenvalue weighted by Gasteiger charge is 2.28. The van der Waals surface area contributed by atoms with Crippen LogP contribution < -0.4 is 11.1 Å². The Balaban J connectivity index is 2.60. The molecule has 0 bridgehead atoms. The average molecular weight is 281 g/mol. The summed E-state index contributed by atoms with van der Waals surface area (Å²) in [6, 6.07) is -1.52. The molecule has 6 heteroatoms. The summed E-state index contributed by atoms with van der Waals surface area (Å²) < 4.78 is 5.68. The Morgan fingerprint density at radius 1 is 1.45 bits per heavy atom. The number of urea groups is 1. The van der Waals surface area contributed by atoms with Crippen molar-refractivity contribution >= 4 is 11.9 Å². The van der Waals surface area contributed by atoms with Gasteiger partial charge in [-0.1, -0.05) is 18.2 Å². The molecule has 112 valence electrons. The molecule has 0 saturated carbocycles. The summed E-state index contributed by atoms with van der Waals surface area (Å²) in [6.07, 6.45) is 7.80. The second kappa shape index (κ2) is 7.69. The van der Waals surface area contributed by atoms with Crippen molar-refractivity contribution in [2.45, 2.75) is 31.9 Å². The first-order valence-electron chi connectivity index (χ1n) is 6.66. The maximum absolute atomic E-state index is 12.0. The van der Waals surface area contributed by atoms with E-state index in [0.717, 1.165) is 18.4 Å². The maximum Gasteiger partial charge on any atom is 0.312 e. The van der Waals surface area contributed by atoms with Gasteiger partial charge in [-0.2, -0.15) is 0 Å². The molecule has 1 rings (SSSR count). The van der Waals surface area contributed by atoms with E-state index in [-0.39, 0.29) is 5.91 Å². The second-order valence-electron chi connectivity index (χ2n) is 4.99. The molecule has 1 aliphatic rings. The van der Waals surface area contributed by atoms with Gasteiger partial charge in [-0.15, -0.1) is 0 Å². The molecule has 0 fully saturated rings. The SMILES string of the molecule is CC(OCC1=CCCC=C1)C(NC(N)=O)C(=O)N(C)C. The molecule has 3 amide bonds. The first-order chi connectivity index (χ1) is 9.41. The number of amides is 3. The Kier molecular flexibility index (Phi) is 6.24. The smallest absolute Gasteiger partial charge is 0.312 e. The third-order valence-electron chi connectivity index (χ3n) is 3.06. The van der Waals surface area contributed by atoms with Crippen molar-refractivity contribution in [1.29, 1.82) is 0 Å².